The fourth-order valence-corrected chi connectivity index (χ4v) is 3.71. The van der Waals surface area contributed by atoms with Gasteiger partial charge in [0.05, 0.1) is 25.2 Å². The molecular formula is C15H22N2O4S. The lowest BCUT2D eigenvalue weighted by atomic mass is 10.2. The summed E-state index contributed by atoms with van der Waals surface area (Å²) in [6.07, 6.45) is 1.12. The fraction of sp³-hybridized carbons (Fsp3) is 0.533. The third-order valence-corrected chi connectivity index (χ3v) is 4.92. The van der Waals surface area contributed by atoms with E-state index in [9.17, 15) is 13.2 Å². The van der Waals surface area contributed by atoms with Gasteiger partial charge in [-0.15, -0.1) is 0 Å². The van der Waals surface area contributed by atoms with E-state index in [1.165, 1.54) is 4.31 Å². The highest BCUT2D eigenvalue weighted by Gasteiger charge is 2.32. The summed E-state index contributed by atoms with van der Waals surface area (Å²) in [5.41, 5.74) is 1.53. The molecule has 1 atom stereocenters. The molecule has 1 aliphatic rings. The third kappa shape index (κ3) is 3.78. The van der Waals surface area contributed by atoms with Gasteiger partial charge in [-0.1, -0.05) is 17.7 Å². The average Bonchev–Trinajstić information content (AvgIpc) is 2.48. The van der Waals surface area contributed by atoms with Gasteiger partial charge in [-0.2, -0.15) is 0 Å². The van der Waals surface area contributed by atoms with Gasteiger partial charge in [0.2, 0.25) is 15.9 Å². The number of ether oxygens (including phenoxy) is 1. The van der Waals surface area contributed by atoms with Crippen LogP contribution >= 0.6 is 0 Å². The second kappa shape index (κ2) is 6.66. The number of morpholine rings is 1. The zero-order chi connectivity index (χ0) is 16.3. The van der Waals surface area contributed by atoms with Gasteiger partial charge < -0.3 is 9.64 Å². The summed E-state index contributed by atoms with van der Waals surface area (Å²) in [4.78, 5) is 14.2. The van der Waals surface area contributed by atoms with E-state index in [4.69, 9.17) is 4.74 Å². The molecule has 0 saturated carbocycles. The smallest absolute Gasteiger partial charge is 0.246 e. The van der Waals surface area contributed by atoms with Gasteiger partial charge in [-0.25, -0.2) is 8.42 Å². The SMILES string of the molecule is Cc1ccc(N([C@H](C)C(=O)N2CCOCC2)S(C)(=O)=O)cc1. The summed E-state index contributed by atoms with van der Waals surface area (Å²) in [5.74, 6) is -0.200. The molecule has 7 heteroatoms. The van der Waals surface area contributed by atoms with Crippen LogP contribution in [0.5, 0.6) is 0 Å². The lowest BCUT2D eigenvalue weighted by Gasteiger charge is -2.34. The van der Waals surface area contributed by atoms with Crippen molar-refractivity contribution < 1.29 is 17.9 Å². The second-order valence-corrected chi connectivity index (χ2v) is 7.37. The van der Waals surface area contributed by atoms with E-state index in [1.807, 2.05) is 19.1 Å². The van der Waals surface area contributed by atoms with Crippen molar-refractivity contribution in [3.8, 4) is 0 Å². The van der Waals surface area contributed by atoms with Crippen molar-refractivity contribution in [2.75, 3.05) is 36.9 Å². The lowest BCUT2D eigenvalue weighted by Crippen LogP contribution is -2.52. The first kappa shape index (κ1) is 16.8. The topological polar surface area (TPSA) is 66.9 Å². The molecule has 0 spiro atoms. The largest absolute Gasteiger partial charge is 0.378 e. The molecule has 1 aromatic rings. The Bertz CT molecular complexity index is 621. The molecule has 1 aromatic carbocycles. The summed E-state index contributed by atoms with van der Waals surface area (Å²) < 4.78 is 30.8. The fourth-order valence-electron chi connectivity index (χ4n) is 2.54. The van der Waals surface area contributed by atoms with Crippen molar-refractivity contribution in [1.29, 1.82) is 0 Å². The predicted molar refractivity (Wildman–Crippen MR) is 85.4 cm³/mol. The monoisotopic (exact) mass is 326 g/mol. The molecule has 1 amide bonds. The van der Waals surface area contributed by atoms with Gasteiger partial charge in [-0.05, 0) is 26.0 Å². The highest BCUT2D eigenvalue weighted by atomic mass is 32.2. The standard InChI is InChI=1S/C15H22N2O4S/c1-12-4-6-14(7-5-12)17(22(3,19)20)13(2)15(18)16-8-10-21-11-9-16/h4-7,13H,8-11H2,1-3H3/t13-/m1/s1. The van der Waals surface area contributed by atoms with E-state index in [0.29, 0.717) is 32.0 Å². The number of hydrogen-bond donors (Lipinski definition) is 0. The van der Waals surface area contributed by atoms with E-state index in [-0.39, 0.29) is 5.91 Å². The number of sulfonamides is 1. The number of carbonyl (C=O) groups is 1. The lowest BCUT2D eigenvalue weighted by molar-refractivity contribution is -0.136. The first-order chi connectivity index (χ1) is 10.3. The van der Waals surface area contributed by atoms with Crippen LogP contribution in [0.25, 0.3) is 0 Å². The molecule has 1 heterocycles. The number of nitrogens with zero attached hydrogens (tertiary/aromatic N) is 2. The Hall–Kier alpha value is -1.60. The second-order valence-electron chi connectivity index (χ2n) is 5.51. The van der Waals surface area contributed by atoms with Crippen molar-refractivity contribution >= 4 is 21.6 Å². The third-order valence-electron chi connectivity index (χ3n) is 3.68. The number of anilines is 1. The summed E-state index contributed by atoms with van der Waals surface area (Å²) in [6.45, 7) is 5.52. The van der Waals surface area contributed by atoms with Crippen LogP contribution in [0.2, 0.25) is 0 Å². The molecule has 0 radical (unpaired) electrons. The minimum absolute atomic E-state index is 0.200. The number of hydrogen-bond acceptors (Lipinski definition) is 4. The van der Waals surface area contributed by atoms with Gasteiger partial charge in [0.25, 0.3) is 0 Å². The maximum Gasteiger partial charge on any atom is 0.246 e. The molecule has 2 rings (SSSR count). The number of aryl methyl sites for hydroxylation is 1. The minimum atomic E-state index is -3.56. The Labute approximate surface area is 131 Å². The highest BCUT2D eigenvalue weighted by Crippen LogP contribution is 2.22. The quantitative estimate of drug-likeness (QED) is 0.828. The average molecular weight is 326 g/mol. The van der Waals surface area contributed by atoms with Crippen LogP contribution in [0.15, 0.2) is 24.3 Å². The molecule has 1 saturated heterocycles. The number of amides is 1. The van der Waals surface area contributed by atoms with Gasteiger partial charge in [0.15, 0.2) is 0 Å². The van der Waals surface area contributed by atoms with Crippen molar-refractivity contribution in [3.05, 3.63) is 29.8 Å². The molecule has 0 N–H and O–H groups in total. The molecule has 22 heavy (non-hydrogen) atoms. The Morgan fingerprint density at radius 2 is 1.77 bits per heavy atom. The van der Waals surface area contributed by atoms with Crippen LogP contribution in [-0.2, 0) is 19.6 Å². The van der Waals surface area contributed by atoms with Crippen molar-refractivity contribution in [1.82, 2.24) is 4.90 Å². The van der Waals surface area contributed by atoms with E-state index in [2.05, 4.69) is 0 Å². The van der Waals surface area contributed by atoms with Crippen LogP contribution < -0.4 is 4.31 Å². The first-order valence-corrected chi connectivity index (χ1v) is 9.08. The van der Waals surface area contributed by atoms with Crippen LogP contribution in [-0.4, -0.2) is 57.8 Å². The first-order valence-electron chi connectivity index (χ1n) is 7.23. The van der Waals surface area contributed by atoms with Crippen molar-refractivity contribution in [2.24, 2.45) is 0 Å². The van der Waals surface area contributed by atoms with Crippen molar-refractivity contribution in [3.63, 3.8) is 0 Å². The van der Waals surface area contributed by atoms with Crippen LogP contribution in [0.4, 0.5) is 5.69 Å². The van der Waals surface area contributed by atoms with Gasteiger partial charge in [0.1, 0.15) is 6.04 Å². The maximum absolute atomic E-state index is 12.6. The Morgan fingerprint density at radius 3 is 2.27 bits per heavy atom. The molecule has 0 unspecified atom stereocenters. The summed E-state index contributed by atoms with van der Waals surface area (Å²) in [7, 11) is -3.56. The Balaban J connectivity index is 2.29. The molecule has 0 aromatic heterocycles. The summed E-state index contributed by atoms with van der Waals surface area (Å²) in [6, 6.07) is 6.33. The molecule has 0 aliphatic carbocycles. The zero-order valence-corrected chi connectivity index (χ0v) is 14.0. The van der Waals surface area contributed by atoms with Crippen LogP contribution in [0.3, 0.4) is 0 Å². The Kier molecular flexibility index (Phi) is 5.08. The minimum Gasteiger partial charge on any atom is -0.378 e. The van der Waals surface area contributed by atoms with E-state index in [0.717, 1.165) is 11.8 Å². The maximum atomic E-state index is 12.6. The molecule has 6 nitrogen and oxygen atoms in total. The van der Waals surface area contributed by atoms with E-state index in [1.54, 1.807) is 24.0 Å². The predicted octanol–water partition coefficient (Wildman–Crippen LogP) is 1.01. The van der Waals surface area contributed by atoms with E-state index < -0.39 is 16.1 Å². The molecular weight excluding hydrogens is 304 g/mol. The number of benzene rings is 1. The van der Waals surface area contributed by atoms with Gasteiger partial charge >= 0.3 is 0 Å². The zero-order valence-electron chi connectivity index (χ0n) is 13.2. The number of carbonyl (C=O) groups excluding carboxylic acids is 1. The Morgan fingerprint density at radius 1 is 1.23 bits per heavy atom. The molecule has 0 bridgehead atoms. The van der Waals surface area contributed by atoms with Gasteiger partial charge in [-0.3, -0.25) is 9.10 Å². The summed E-state index contributed by atoms with van der Waals surface area (Å²) >= 11 is 0. The van der Waals surface area contributed by atoms with Gasteiger partial charge in [0, 0.05) is 13.1 Å². The molecule has 122 valence electrons. The van der Waals surface area contributed by atoms with E-state index >= 15 is 0 Å². The summed E-state index contributed by atoms with van der Waals surface area (Å²) in [5, 5.41) is 0. The highest BCUT2D eigenvalue weighted by molar-refractivity contribution is 7.92. The molecule has 1 fully saturated rings. The molecule has 1 aliphatic heterocycles. The van der Waals surface area contributed by atoms with Crippen LogP contribution in [0, 0.1) is 6.92 Å². The normalized spacial score (nSPS) is 17.1. The van der Waals surface area contributed by atoms with Crippen LogP contribution in [0.1, 0.15) is 12.5 Å². The number of rotatable bonds is 4. The van der Waals surface area contributed by atoms with Crippen molar-refractivity contribution in [2.45, 2.75) is 19.9 Å².